The molecule has 26 heavy (non-hydrogen) atoms. The number of hydrogen-bond acceptors (Lipinski definition) is 5. The Bertz CT molecular complexity index is 482. The van der Waals surface area contributed by atoms with E-state index < -0.39 is 19.5 Å². The Morgan fingerprint density at radius 3 is 1.31 bits per heavy atom. The van der Waals surface area contributed by atoms with Gasteiger partial charge < -0.3 is 0 Å². The van der Waals surface area contributed by atoms with Gasteiger partial charge in [-0.25, -0.2) is 0 Å². The van der Waals surface area contributed by atoms with Crippen molar-refractivity contribution in [1.82, 2.24) is 0 Å². The summed E-state index contributed by atoms with van der Waals surface area (Å²) in [6.45, 7) is 6.60. The van der Waals surface area contributed by atoms with E-state index in [4.69, 9.17) is 9.05 Å². The zero-order valence-corrected chi connectivity index (χ0v) is 17.6. The van der Waals surface area contributed by atoms with Gasteiger partial charge in [-0.15, -0.1) is 9.05 Å². The van der Waals surface area contributed by atoms with Gasteiger partial charge in [-0.3, -0.25) is 9.59 Å². The van der Waals surface area contributed by atoms with E-state index in [2.05, 4.69) is 0 Å². The summed E-state index contributed by atoms with van der Waals surface area (Å²) in [6.07, 6.45) is 10.0. The van der Waals surface area contributed by atoms with Gasteiger partial charge in [-0.1, -0.05) is 38.5 Å². The number of ketones is 2. The van der Waals surface area contributed by atoms with Crippen LogP contribution in [0.4, 0.5) is 0 Å². The molecule has 0 atom stereocenters. The standard InChI is InChI=1S/C20H34O5P/c1-19(2,17(21)15-11-7-5-8-12-15)24-26(23)25-20(3,4)18(22)16-13-9-6-10-14-16/h15-16H,5-14H2,1-4H3/q+1. The molecule has 0 aromatic rings. The molecule has 0 aromatic carbocycles. The van der Waals surface area contributed by atoms with Crippen molar-refractivity contribution in [3.63, 3.8) is 0 Å². The molecule has 2 aliphatic rings. The molecule has 0 spiro atoms. The van der Waals surface area contributed by atoms with E-state index in [1.807, 2.05) is 0 Å². The summed E-state index contributed by atoms with van der Waals surface area (Å²) in [6, 6.07) is 0. The number of hydrogen-bond donors (Lipinski definition) is 0. The van der Waals surface area contributed by atoms with Gasteiger partial charge in [-0.2, -0.15) is 0 Å². The molecule has 2 saturated carbocycles. The van der Waals surface area contributed by atoms with Gasteiger partial charge in [0, 0.05) is 16.4 Å². The van der Waals surface area contributed by atoms with Gasteiger partial charge in [0.1, 0.15) is 0 Å². The van der Waals surface area contributed by atoms with Gasteiger partial charge in [0.25, 0.3) is 0 Å². The van der Waals surface area contributed by atoms with Crippen molar-refractivity contribution in [2.45, 2.75) is 103 Å². The molecular weight excluding hydrogens is 351 g/mol. The average molecular weight is 385 g/mol. The van der Waals surface area contributed by atoms with Crippen LogP contribution in [0.3, 0.4) is 0 Å². The number of rotatable bonds is 8. The maximum atomic E-state index is 12.7. The largest absolute Gasteiger partial charge is 0.699 e. The van der Waals surface area contributed by atoms with Crippen molar-refractivity contribution in [3.05, 3.63) is 0 Å². The van der Waals surface area contributed by atoms with Crippen LogP contribution in [0.25, 0.3) is 0 Å². The van der Waals surface area contributed by atoms with Crippen LogP contribution in [0.15, 0.2) is 0 Å². The molecule has 0 radical (unpaired) electrons. The minimum Gasteiger partial charge on any atom is -0.296 e. The second kappa shape index (κ2) is 9.03. The average Bonchev–Trinajstić information content (AvgIpc) is 2.60. The van der Waals surface area contributed by atoms with Gasteiger partial charge >= 0.3 is 8.25 Å². The number of carbonyl (C=O) groups excluding carboxylic acids is 2. The Kier molecular flexibility index (Phi) is 7.52. The molecule has 0 bridgehead atoms. The van der Waals surface area contributed by atoms with E-state index in [1.165, 1.54) is 12.8 Å². The fourth-order valence-corrected chi connectivity index (χ4v) is 5.16. The topological polar surface area (TPSA) is 69.7 Å². The van der Waals surface area contributed by atoms with Crippen LogP contribution in [0.5, 0.6) is 0 Å². The van der Waals surface area contributed by atoms with Crippen LogP contribution in [-0.4, -0.2) is 22.8 Å². The molecule has 2 aliphatic carbocycles. The molecule has 6 heteroatoms. The van der Waals surface area contributed by atoms with Gasteiger partial charge in [-0.05, 0) is 53.4 Å². The Morgan fingerprint density at radius 1 is 0.692 bits per heavy atom. The van der Waals surface area contributed by atoms with E-state index >= 15 is 0 Å². The van der Waals surface area contributed by atoms with E-state index in [9.17, 15) is 14.2 Å². The summed E-state index contributed by atoms with van der Waals surface area (Å²) in [5.74, 6) is -0.0841. The Balaban J connectivity index is 1.92. The first-order valence-corrected chi connectivity index (χ1v) is 11.2. The van der Waals surface area contributed by atoms with E-state index in [0.29, 0.717) is 0 Å². The minimum atomic E-state index is -2.56. The number of carbonyl (C=O) groups is 2. The molecule has 0 heterocycles. The third-order valence-electron chi connectivity index (χ3n) is 5.74. The SMILES string of the molecule is CC(C)(O[P+](=O)OC(C)(C)C(=O)C1CCCCC1)C(=O)C1CCCCC1. The molecule has 0 aliphatic heterocycles. The van der Waals surface area contributed by atoms with Crippen LogP contribution in [0.1, 0.15) is 91.9 Å². The van der Waals surface area contributed by atoms with Crippen LogP contribution in [0.2, 0.25) is 0 Å². The van der Waals surface area contributed by atoms with Crippen LogP contribution >= 0.6 is 8.25 Å². The van der Waals surface area contributed by atoms with Crippen LogP contribution in [-0.2, 0) is 23.2 Å². The lowest BCUT2D eigenvalue weighted by Gasteiger charge is -2.28. The van der Waals surface area contributed by atoms with Crippen LogP contribution in [0, 0.1) is 11.8 Å². The first kappa shape index (κ1) is 21.7. The van der Waals surface area contributed by atoms with Crippen molar-refractivity contribution in [2.24, 2.45) is 11.8 Å². The van der Waals surface area contributed by atoms with Crippen molar-refractivity contribution in [2.75, 3.05) is 0 Å². The molecule has 0 aromatic heterocycles. The summed E-state index contributed by atoms with van der Waals surface area (Å²) < 4.78 is 23.5. The second-order valence-electron chi connectivity index (χ2n) is 8.83. The maximum absolute atomic E-state index is 12.7. The lowest BCUT2D eigenvalue weighted by Crippen LogP contribution is -2.41. The number of Topliss-reactive ketones (excluding diaryl/α,β-unsaturated/α-hetero) is 2. The highest BCUT2D eigenvalue weighted by Crippen LogP contribution is 2.41. The normalized spacial score (nSPS) is 20.8. The molecule has 0 amide bonds. The zero-order valence-electron chi connectivity index (χ0n) is 16.7. The molecule has 0 unspecified atom stereocenters. The van der Waals surface area contributed by atoms with Crippen molar-refractivity contribution < 1.29 is 23.2 Å². The molecule has 148 valence electrons. The second-order valence-corrected chi connectivity index (χ2v) is 9.64. The third-order valence-corrected chi connectivity index (χ3v) is 6.96. The molecule has 0 saturated heterocycles. The van der Waals surface area contributed by atoms with Crippen molar-refractivity contribution >= 4 is 19.8 Å². The molecule has 2 fully saturated rings. The van der Waals surface area contributed by atoms with Gasteiger partial charge in [0.15, 0.2) is 22.8 Å². The summed E-state index contributed by atoms with van der Waals surface area (Å²) >= 11 is 0. The molecule has 2 rings (SSSR count). The highest BCUT2D eigenvalue weighted by atomic mass is 31.1. The molecule has 5 nitrogen and oxygen atoms in total. The zero-order chi connectivity index (χ0) is 19.4. The highest BCUT2D eigenvalue weighted by Gasteiger charge is 2.48. The summed E-state index contributed by atoms with van der Waals surface area (Å²) in [7, 11) is -2.56. The summed E-state index contributed by atoms with van der Waals surface area (Å²) in [4.78, 5) is 25.5. The fourth-order valence-electron chi connectivity index (χ4n) is 4.19. The Labute approximate surface area is 158 Å². The van der Waals surface area contributed by atoms with E-state index in [1.54, 1.807) is 27.7 Å². The predicted molar refractivity (Wildman–Crippen MR) is 101 cm³/mol. The Hall–Kier alpha value is -0.640. The van der Waals surface area contributed by atoms with Gasteiger partial charge in [0.2, 0.25) is 0 Å². The van der Waals surface area contributed by atoms with Crippen molar-refractivity contribution in [3.8, 4) is 0 Å². The third kappa shape index (κ3) is 5.68. The first-order valence-electron chi connectivity index (χ1n) is 10.1. The quantitative estimate of drug-likeness (QED) is 0.514. The monoisotopic (exact) mass is 385 g/mol. The summed E-state index contributed by atoms with van der Waals surface area (Å²) in [5.41, 5.74) is -2.33. The summed E-state index contributed by atoms with van der Waals surface area (Å²) in [5, 5.41) is 0. The van der Waals surface area contributed by atoms with E-state index in [-0.39, 0.29) is 23.4 Å². The molecular formula is C20H34O5P+. The fraction of sp³-hybridized carbons (Fsp3) is 0.900. The minimum absolute atomic E-state index is 0.0134. The maximum Gasteiger partial charge on any atom is 0.699 e. The predicted octanol–water partition coefficient (Wildman–Crippen LogP) is 5.53. The van der Waals surface area contributed by atoms with E-state index in [0.717, 1.165) is 51.4 Å². The lowest BCUT2D eigenvalue weighted by molar-refractivity contribution is -0.140. The molecule has 0 N–H and O–H groups in total. The lowest BCUT2D eigenvalue weighted by atomic mass is 9.81. The first-order chi connectivity index (χ1) is 12.1. The Morgan fingerprint density at radius 2 is 1.00 bits per heavy atom. The van der Waals surface area contributed by atoms with Gasteiger partial charge in [0.05, 0.1) is 0 Å². The van der Waals surface area contributed by atoms with Crippen LogP contribution < -0.4 is 0 Å². The van der Waals surface area contributed by atoms with Crippen molar-refractivity contribution in [1.29, 1.82) is 0 Å². The highest BCUT2D eigenvalue weighted by molar-refractivity contribution is 7.33. The smallest absolute Gasteiger partial charge is 0.296 e.